The molecule has 0 aromatic heterocycles. The van der Waals surface area contributed by atoms with E-state index >= 15 is 0 Å². The van der Waals surface area contributed by atoms with Gasteiger partial charge in [-0.05, 0) is 53.8 Å². The maximum absolute atomic E-state index is 15.0. The zero-order valence-electron chi connectivity index (χ0n) is 19.6. The fraction of sp³-hybridized carbons (Fsp3) is 0.0968. The molecule has 0 N–H and O–H groups in total. The Labute approximate surface area is 203 Å². The van der Waals surface area contributed by atoms with E-state index in [9.17, 15) is 13.2 Å². The first-order chi connectivity index (χ1) is 17.0. The highest BCUT2D eigenvalue weighted by atomic mass is 19.2. The van der Waals surface area contributed by atoms with Crippen LogP contribution in [0.4, 0.5) is 13.2 Å². The Balaban J connectivity index is 1.53. The molecule has 0 fully saturated rings. The SMILES string of the molecule is CC=Cc1ccc(-c2ccc(-c3ccc(C=Cc4ccc(OCC)c(F)c4)cc3)c(F)c2F)cc1. The second-order valence-corrected chi connectivity index (χ2v) is 7.99. The molecule has 0 aliphatic carbocycles. The van der Waals surface area contributed by atoms with Gasteiger partial charge in [-0.15, -0.1) is 0 Å². The zero-order chi connectivity index (χ0) is 24.8. The van der Waals surface area contributed by atoms with E-state index in [4.69, 9.17) is 4.74 Å². The van der Waals surface area contributed by atoms with Gasteiger partial charge in [0.2, 0.25) is 0 Å². The van der Waals surface area contributed by atoms with Gasteiger partial charge in [-0.2, -0.15) is 0 Å². The molecule has 0 aliphatic heterocycles. The standard InChI is InChI=1S/C31H25F3O/c1-3-5-21-8-13-24(14-9-21)26-17-18-27(31(34)30(26)33)25-15-10-22(11-16-25)6-7-23-12-19-29(35-4-2)28(32)20-23/h3,5-20H,4H2,1-2H3. The highest BCUT2D eigenvalue weighted by Crippen LogP contribution is 2.32. The van der Waals surface area contributed by atoms with Gasteiger partial charge in [0.25, 0.3) is 0 Å². The zero-order valence-corrected chi connectivity index (χ0v) is 19.6. The fourth-order valence-electron chi connectivity index (χ4n) is 3.82. The molecule has 0 amide bonds. The fourth-order valence-corrected chi connectivity index (χ4v) is 3.82. The van der Waals surface area contributed by atoms with Crippen molar-refractivity contribution in [1.29, 1.82) is 0 Å². The van der Waals surface area contributed by atoms with Crippen molar-refractivity contribution in [3.05, 3.63) is 119 Å². The molecule has 1 nitrogen and oxygen atoms in total. The minimum atomic E-state index is -0.881. The number of rotatable bonds is 7. The Morgan fingerprint density at radius 1 is 0.629 bits per heavy atom. The number of hydrogen-bond acceptors (Lipinski definition) is 1. The Bertz CT molecular complexity index is 1370. The lowest BCUT2D eigenvalue weighted by molar-refractivity contribution is 0.321. The predicted octanol–water partition coefficient (Wildman–Crippen LogP) is 9.04. The lowest BCUT2D eigenvalue weighted by Gasteiger charge is -2.10. The van der Waals surface area contributed by atoms with Crippen LogP contribution in [-0.2, 0) is 0 Å². The molecule has 0 radical (unpaired) electrons. The van der Waals surface area contributed by atoms with E-state index in [1.807, 2.05) is 49.4 Å². The number of benzene rings is 4. The molecular weight excluding hydrogens is 445 g/mol. The number of ether oxygens (including phenoxy) is 1. The van der Waals surface area contributed by atoms with Crippen molar-refractivity contribution in [2.24, 2.45) is 0 Å². The molecule has 0 atom stereocenters. The number of hydrogen-bond donors (Lipinski definition) is 0. The molecule has 35 heavy (non-hydrogen) atoms. The molecule has 4 heteroatoms. The summed E-state index contributed by atoms with van der Waals surface area (Å²) < 4.78 is 49.2. The molecule has 4 rings (SSSR count). The largest absolute Gasteiger partial charge is 0.491 e. The van der Waals surface area contributed by atoms with Gasteiger partial charge >= 0.3 is 0 Å². The van der Waals surface area contributed by atoms with Gasteiger partial charge in [-0.3, -0.25) is 0 Å². The van der Waals surface area contributed by atoms with Crippen LogP contribution < -0.4 is 4.74 Å². The van der Waals surface area contributed by atoms with Crippen LogP contribution in [0.1, 0.15) is 30.5 Å². The molecule has 0 bridgehead atoms. The van der Waals surface area contributed by atoms with Gasteiger partial charge in [0.1, 0.15) is 0 Å². The Kier molecular flexibility index (Phi) is 7.51. The average Bonchev–Trinajstić information content (AvgIpc) is 2.87. The number of halogens is 3. The third kappa shape index (κ3) is 5.55. The Hall–Kier alpha value is -4.05. The summed E-state index contributed by atoms with van der Waals surface area (Å²) in [6.07, 6.45) is 7.48. The Morgan fingerprint density at radius 2 is 1.11 bits per heavy atom. The van der Waals surface area contributed by atoms with Crippen LogP contribution in [0.15, 0.2) is 84.9 Å². The van der Waals surface area contributed by atoms with Gasteiger partial charge < -0.3 is 4.74 Å². The van der Waals surface area contributed by atoms with Crippen molar-refractivity contribution in [3.63, 3.8) is 0 Å². The van der Waals surface area contributed by atoms with Gasteiger partial charge in [0, 0.05) is 11.1 Å². The third-order valence-electron chi connectivity index (χ3n) is 5.61. The monoisotopic (exact) mass is 470 g/mol. The minimum Gasteiger partial charge on any atom is -0.491 e. The van der Waals surface area contributed by atoms with Crippen molar-refractivity contribution < 1.29 is 17.9 Å². The van der Waals surface area contributed by atoms with E-state index in [-0.39, 0.29) is 16.9 Å². The molecule has 0 saturated carbocycles. The van der Waals surface area contributed by atoms with Crippen molar-refractivity contribution in [1.82, 2.24) is 0 Å². The summed E-state index contributed by atoms with van der Waals surface area (Å²) in [6, 6.07) is 22.4. The lowest BCUT2D eigenvalue weighted by atomic mass is 9.97. The highest BCUT2D eigenvalue weighted by Gasteiger charge is 2.16. The van der Waals surface area contributed by atoms with Gasteiger partial charge in [0.15, 0.2) is 23.2 Å². The van der Waals surface area contributed by atoms with Gasteiger partial charge in [-0.1, -0.05) is 91.0 Å². The summed E-state index contributed by atoms with van der Waals surface area (Å²) >= 11 is 0. The predicted molar refractivity (Wildman–Crippen MR) is 138 cm³/mol. The second kappa shape index (κ2) is 10.9. The van der Waals surface area contributed by atoms with Crippen LogP contribution in [0.3, 0.4) is 0 Å². The molecule has 0 heterocycles. The molecule has 4 aromatic carbocycles. The smallest absolute Gasteiger partial charge is 0.167 e. The van der Waals surface area contributed by atoms with E-state index in [1.54, 1.807) is 61.5 Å². The maximum atomic E-state index is 15.0. The number of allylic oxidation sites excluding steroid dienone is 1. The van der Waals surface area contributed by atoms with Crippen LogP contribution in [0.2, 0.25) is 0 Å². The van der Waals surface area contributed by atoms with Gasteiger partial charge in [0.05, 0.1) is 6.61 Å². The van der Waals surface area contributed by atoms with Crippen LogP contribution in [0.5, 0.6) is 5.75 Å². The first-order valence-electron chi connectivity index (χ1n) is 11.4. The molecule has 4 aromatic rings. The van der Waals surface area contributed by atoms with Crippen molar-refractivity contribution in [3.8, 4) is 28.0 Å². The second-order valence-electron chi connectivity index (χ2n) is 7.99. The van der Waals surface area contributed by atoms with E-state index in [1.165, 1.54) is 6.07 Å². The summed E-state index contributed by atoms with van der Waals surface area (Å²) in [6.45, 7) is 4.12. The summed E-state index contributed by atoms with van der Waals surface area (Å²) in [5.41, 5.74) is 4.14. The van der Waals surface area contributed by atoms with E-state index in [2.05, 4.69) is 0 Å². The quantitative estimate of drug-likeness (QED) is 0.245. The molecular formula is C31H25F3O. The molecule has 0 saturated heterocycles. The molecule has 0 spiro atoms. The lowest BCUT2D eigenvalue weighted by Crippen LogP contribution is -1.94. The van der Waals surface area contributed by atoms with Crippen LogP contribution >= 0.6 is 0 Å². The third-order valence-corrected chi connectivity index (χ3v) is 5.61. The summed E-state index contributed by atoms with van der Waals surface area (Å²) in [4.78, 5) is 0. The van der Waals surface area contributed by atoms with E-state index in [0.717, 1.165) is 11.1 Å². The van der Waals surface area contributed by atoms with Crippen molar-refractivity contribution in [2.45, 2.75) is 13.8 Å². The minimum absolute atomic E-state index is 0.195. The molecule has 0 aliphatic rings. The van der Waals surface area contributed by atoms with E-state index < -0.39 is 17.5 Å². The first-order valence-corrected chi connectivity index (χ1v) is 11.4. The van der Waals surface area contributed by atoms with Gasteiger partial charge in [-0.25, -0.2) is 13.2 Å². The van der Waals surface area contributed by atoms with Crippen molar-refractivity contribution >= 4 is 18.2 Å². The molecule has 0 unspecified atom stereocenters. The summed E-state index contributed by atoms with van der Waals surface area (Å²) in [5.74, 6) is -1.95. The average molecular weight is 471 g/mol. The van der Waals surface area contributed by atoms with Crippen LogP contribution in [0, 0.1) is 17.5 Å². The summed E-state index contributed by atoms with van der Waals surface area (Å²) in [5, 5.41) is 0. The highest BCUT2D eigenvalue weighted by molar-refractivity contribution is 5.75. The van der Waals surface area contributed by atoms with E-state index in [0.29, 0.717) is 23.3 Å². The maximum Gasteiger partial charge on any atom is 0.167 e. The van der Waals surface area contributed by atoms with Crippen molar-refractivity contribution in [2.75, 3.05) is 6.61 Å². The van der Waals surface area contributed by atoms with Crippen LogP contribution in [0.25, 0.3) is 40.5 Å². The normalized spacial score (nSPS) is 11.5. The first kappa shape index (κ1) is 24.1. The van der Waals surface area contributed by atoms with Crippen LogP contribution in [-0.4, -0.2) is 6.61 Å². The topological polar surface area (TPSA) is 9.23 Å². The Morgan fingerprint density at radius 3 is 1.60 bits per heavy atom. The summed E-state index contributed by atoms with van der Waals surface area (Å²) in [7, 11) is 0. The molecule has 176 valence electrons.